The van der Waals surface area contributed by atoms with Crippen LogP contribution in [0.2, 0.25) is 5.02 Å². The van der Waals surface area contributed by atoms with E-state index in [1.807, 2.05) is 41.3 Å². The van der Waals surface area contributed by atoms with E-state index in [0.717, 1.165) is 30.9 Å². The van der Waals surface area contributed by atoms with Crippen LogP contribution in [0.15, 0.2) is 79.0 Å². The van der Waals surface area contributed by atoms with E-state index in [4.69, 9.17) is 21.3 Å². The van der Waals surface area contributed by atoms with Crippen molar-refractivity contribution in [3.63, 3.8) is 0 Å². The van der Waals surface area contributed by atoms with Gasteiger partial charge in [-0.15, -0.1) is 0 Å². The van der Waals surface area contributed by atoms with Crippen molar-refractivity contribution in [1.82, 2.24) is 19.8 Å². The molecule has 0 unspecified atom stereocenters. The van der Waals surface area contributed by atoms with Crippen molar-refractivity contribution in [3.8, 4) is 17.1 Å². The van der Waals surface area contributed by atoms with Crippen LogP contribution in [-0.4, -0.2) is 59.0 Å². The molecule has 0 aliphatic carbocycles. The molecule has 3 aromatic carbocycles. The third kappa shape index (κ3) is 6.13. The molecule has 38 heavy (non-hydrogen) atoms. The molecule has 194 valence electrons. The van der Waals surface area contributed by atoms with Gasteiger partial charge >= 0.3 is 0 Å². The third-order valence-electron chi connectivity index (χ3n) is 6.64. The molecule has 7 nitrogen and oxygen atoms in total. The summed E-state index contributed by atoms with van der Waals surface area (Å²) in [4.78, 5) is 27.2. The zero-order chi connectivity index (χ0) is 26.5. The van der Waals surface area contributed by atoms with Gasteiger partial charge in [0.15, 0.2) is 5.82 Å². The molecule has 1 fully saturated rings. The Morgan fingerprint density at radius 1 is 1.00 bits per heavy atom. The van der Waals surface area contributed by atoms with Crippen LogP contribution < -0.4 is 10.1 Å². The summed E-state index contributed by atoms with van der Waals surface area (Å²) < 4.78 is 5.36. The summed E-state index contributed by atoms with van der Waals surface area (Å²) in [5, 5.41) is 3.96. The van der Waals surface area contributed by atoms with E-state index >= 15 is 0 Å². The molecular weight excluding hydrogens is 498 g/mol. The predicted molar refractivity (Wildman–Crippen MR) is 151 cm³/mol. The lowest BCUT2D eigenvalue weighted by Crippen LogP contribution is -2.48. The Balaban J connectivity index is 1.36. The molecule has 4 aromatic rings. The number of hydrogen-bond acceptors (Lipinski definition) is 6. The molecule has 0 atom stereocenters. The fourth-order valence-electron chi connectivity index (χ4n) is 4.44. The van der Waals surface area contributed by atoms with E-state index in [2.05, 4.69) is 46.4 Å². The minimum Gasteiger partial charge on any atom is -0.497 e. The normalized spacial score (nSPS) is 13.8. The number of aryl methyl sites for hydroxylation is 1. The number of anilines is 2. The van der Waals surface area contributed by atoms with Crippen molar-refractivity contribution in [3.05, 3.63) is 101 Å². The number of ether oxygens (including phenoxy) is 1. The molecular formula is C30H30ClN5O2. The van der Waals surface area contributed by atoms with Crippen LogP contribution in [0.4, 0.5) is 11.5 Å². The largest absolute Gasteiger partial charge is 0.497 e. The van der Waals surface area contributed by atoms with E-state index in [0.29, 0.717) is 41.1 Å². The Morgan fingerprint density at radius 2 is 1.74 bits per heavy atom. The molecule has 1 aliphatic heterocycles. The summed E-state index contributed by atoms with van der Waals surface area (Å²) in [7, 11) is 1.62. The van der Waals surface area contributed by atoms with Gasteiger partial charge in [-0.2, -0.15) is 0 Å². The van der Waals surface area contributed by atoms with E-state index in [9.17, 15) is 4.79 Å². The van der Waals surface area contributed by atoms with E-state index in [-0.39, 0.29) is 5.91 Å². The molecule has 0 saturated carbocycles. The van der Waals surface area contributed by atoms with E-state index < -0.39 is 0 Å². The van der Waals surface area contributed by atoms with Gasteiger partial charge in [0.05, 0.1) is 7.11 Å². The van der Waals surface area contributed by atoms with Gasteiger partial charge < -0.3 is 15.0 Å². The SMILES string of the molecule is COc1cccc(Nc2nc(-c3ccc(Cl)cc3)ncc2C(=O)N2CCN(Cc3ccc(C)cc3)CC2)c1. The monoisotopic (exact) mass is 527 g/mol. The number of nitrogens with one attached hydrogen (secondary N) is 1. The minimum absolute atomic E-state index is 0.0898. The molecule has 1 amide bonds. The standard InChI is InChI=1S/C30H30ClN5O2/c1-21-6-8-22(9-7-21)20-35-14-16-36(17-15-35)30(37)27-19-32-28(23-10-12-24(31)13-11-23)34-29(27)33-25-4-3-5-26(18-25)38-2/h3-13,18-19H,14-17,20H2,1-2H3,(H,32,33,34). The Bertz CT molecular complexity index is 1400. The fourth-order valence-corrected chi connectivity index (χ4v) is 4.57. The van der Waals surface area contributed by atoms with Crippen LogP contribution in [-0.2, 0) is 6.54 Å². The average Bonchev–Trinajstić information content (AvgIpc) is 2.95. The molecule has 2 heterocycles. The Hall–Kier alpha value is -3.94. The van der Waals surface area contributed by atoms with Crippen molar-refractivity contribution < 1.29 is 9.53 Å². The highest BCUT2D eigenvalue weighted by atomic mass is 35.5. The Kier molecular flexibility index (Phi) is 7.86. The maximum absolute atomic E-state index is 13.7. The van der Waals surface area contributed by atoms with Gasteiger partial charge in [0.25, 0.3) is 5.91 Å². The first-order valence-corrected chi connectivity index (χ1v) is 13.0. The molecule has 0 radical (unpaired) electrons. The highest BCUT2D eigenvalue weighted by Gasteiger charge is 2.25. The number of piperazine rings is 1. The number of amides is 1. The predicted octanol–water partition coefficient (Wildman–Crippen LogP) is 5.82. The Morgan fingerprint density at radius 3 is 2.45 bits per heavy atom. The van der Waals surface area contributed by atoms with Crippen LogP contribution in [0.5, 0.6) is 5.75 Å². The van der Waals surface area contributed by atoms with Crippen molar-refractivity contribution in [1.29, 1.82) is 0 Å². The smallest absolute Gasteiger partial charge is 0.259 e. The lowest BCUT2D eigenvalue weighted by molar-refractivity contribution is 0.0628. The lowest BCUT2D eigenvalue weighted by Gasteiger charge is -2.35. The first-order valence-electron chi connectivity index (χ1n) is 12.6. The van der Waals surface area contributed by atoms with Crippen LogP contribution in [0, 0.1) is 6.92 Å². The van der Waals surface area contributed by atoms with Crippen LogP contribution >= 0.6 is 11.6 Å². The van der Waals surface area contributed by atoms with E-state index in [1.165, 1.54) is 11.1 Å². The molecule has 1 aromatic heterocycles. The van der Waals surface area contributed by atoms with Gasteiger partial charge in [-0.25, -0.2) is 9.97 Å². The second kappa shape index (κ2) is 11.6. The first-order chi connectivity index (χ1) is 18.5. The second-order valence-corrected chi connectivity index (χ2v) is 9.81. The Labute approximate surface area is 228 Å². The molecule has 5 rings (SSSR count). The summed E-state index contributed by atoms with van der Waals surface area (Å²) in [6.07, 6.45) is 1.61. The second-order valence-electron chi connectivity index (χ2n) is 9.37. The average molecular weight is 528 g/mol. The molecule has 0 spiro atoms. The number of hydrogen-bond donors (Lipinski definition) is 1. The van der Waals surface area contributed by atoms with Crippen LogP contribution in [0.25, 0.3) is 11.4 Å². The molecule has 1 aliphatic rings. The summed E-state index contributed by atoms with van der Waals surface area (Å²) in [5.74, 6) is 1.57. The molecule has 1 N–H and O–H groups in total. The van der Waals surface area contributed by atoms with Gasteiger partial charge in [0.2, 0.25) is 0 Å². The zero-order valence-electron chi connectivity index (χ0n) is 21.5. The number of carbonyl (C=O) groups is 1. The van der Waals surface area contributed by atoms with Crippen molar-refractivity contribution in [2.24, 2.45) is 0 Å². The number of aromatic nitrogens is 2. The summed E-state index contributed by atoms with van der Waals surface area (Å²) in [6, 6.07) is 23.5. The maximum Gasteiger partial charge on any atom is 0.259 e. The number of carbonyl (C=O) groups excluding carboxylic acids is 1. The fraction of sp³-hybridized carbons (Fsp3) is 0.233. The zero-order valence-corrected chi connectivity index (χ0v) is 22.3. The van der Waals surface area contributed by atoms with Gasteiger partial charge in [0, 0.05) is 61.3 Å². The number of rotatable bonds is 7. The van der Waals surface area contributed by atoms with Crippen molar-refractivity contribution in [2.45, 2.75) is 13.5 Å². The number of methoxy groups -OCH3 is 1. The lowest BCUT2D eigenvalue weighted by atomic mass is 10.1. The van der Waals surface area contributed by atoms with Gasteiger partial charge in [-0.05, 0) is 48.9 Å². The summed E-state index contributed by atoms with van der Waals surface area (Å²) in [6.45, 7) is 5.87. The van der Waals surface area contributed by atoms with Crippen LogP contribution in [0.3, 0.4) is 0 Å². The number of nitrogens with zero attached hydrogens (tertiary/aromatic N) is 4. The van der Waals surface area contributed by atoms with E-state index in [1.54, 1.807) is 25.4 Å². The number of benzene rings is 3. The highest BCUT2D eigenvalue weighted by molar-refractivity contribution is 6.30. The van der Waals surface area contributed by atoms with Gasteiger partial charge in [0.1, 0.15) is 17.1 Å². The summed E-state index contributed by atoms with van der Waals surface area (Å²) >= 11 is 6.06. The number of halogens is 1. The quantitative estimate of drug-likeness (QED) is 0.327. The highest BCUT2D eigenvalue weighted by Crippen LogP contribution is 2.27. The topological polar surface area (TPSA) is 70.6 Å². The third-order valence-corrected chi connectivity index (χ3v) is 6.89. The molecule has 8 heteroatoms. The van der Waals surface area contributed by atoms with Gasteiger partial charge in [-0.3, -0.25) is 9.69 Å². The minimum atomic E-state index is -0.0898. The van der Waals surface area contributed by atoms with Gasteiger partial charge in [-0.1, -0.05) is 47.5 Å². The maximum atomic E-state index is 13.7. The first kappa shape index (κ1) is 25.7. The molecule has 0 bridgehead atoms. The van der Waals surface area contributed by atoms with Crippen molar-refractivity contribution in [2.75, 3.05) is 38.6 Å². The molecule has 1 saturated heterocycles. The summed E-state index contributed by atoms with van der Waals surface area (Å²) in [5.41, 5.74) is 4.55. The van der Waals surface area contributed by atoms with Crippen molar-refractivity contribution >= 4 is 29.0 Å². The van der Waals surface area contributed by atoms with Crippen LogP contribution in [0.1, 0.15) is 21.5 Å².